The zero-order chi connectivity index (χ0) is 14.5. The van der Waals surface area contributed by atoms with Crippen LogP contribution in [-0.2, 0) is 9.59 Å². The van der Waals surface area contributed by atoms with Gasteiger partial charge in [-0.05, 0) is 30.2 Å². The molecule has 108 valence electrons. The van der Waals surface area contributed by atoms with Crippen molar-refractivity contribution < 1.29 is 14.7 Å². The van der Waals surface area contributed by atoms with Crippen LogP contribution >= 0.6 is 11.8 Å². The molecule has 0 spiro atoms. The fraction of sp³-hybridized carbons (Fsp3) is 0.467. The summed E-state index contributed by atoms with van der Waals surface area (Å²) in [5.41, 5.74) is 1.02. The van der Waals surface area contributed by atoms with Crippen LogP contribution in [0.25, 0.3) is 0 Å². The van der Waals surface area contributed by atoms with E-state index in [1.54, 1.807) is 11.8 Å². The minimum Gasteiger partial charge on any atom is -0.480 e. The van der Waals surface area contributed by atoms with E-state index in [0.717, 1.165) is 29.1 Å². The van der Waals surface area contributed by atoms with Gasteiger partial charge >= 0.3 is 5.97 Å². The van der Waals surface area contributed by atoms with Crippen LogP contribution in [0.4, 0.5) is 0 Å². The standard InChI is InChI=1S/C15H19NO3S/c1-2-5-12(15(18)19)16-14(17)11-8-9-20-13-7-4-3-6-10(11)13/h3-4,6-7,11-12H,2,5,8-9H2,1H3,(H,16,17)(H,18,19). The van der Waals surface area contributed by atoms with E-state index in [0.29, 0.717) is 6.42 Å². The van der Waals surface area contributed by atoms with Crippen LogP contribution in [0.3, 0.4) is 0 Å². The number of carboxylic acid groups (broad SMARTS) is 1. The second-order valence-corrected chi connectivity index (χ2v) is 6.05. The smallest absolute Gasteiger partial charge is 0.326 e. The number of carboxylic acids is 1. The molecule has 0 saturated heterocycles. The van der Waals surface area contributed by atoms with E-state index in [-0.39, 0.29) is 11.8 Å². The van der Waals surface area contributed by atoms with Gasteiger partial charge in [0, 0.05) is 4.90 Å². The number of hydrogen-bond acceptors (Lipinski definition) is 3. The van der Waals surface area contributed by atoms with Crippen LogP contribution in [0, 0.1) is 0 Å². The number of benzene rings is 1. The molecule has 0 bridgehead atoms. The van der Waals surface area contributed by atoms with Gasteiger partial charge in [-0.2, -0.15) is 0 Å². The molecule has 2 rings (SSSR count). The molecule has 5 heteroatoms. The zero-order valence-corrected chi connectivity index (χ0v) is 12.3. The highest BCUT2D eigenvalue weighted by atomic mass is 32.2. The van der Waals surface area contributed by atoms with Crippen molar-refractivity contribution in [3.8, 4) is 0 Å². The number of rotatable bonds is 5. The zero-order valence-electron chi connectivity index (χ0n) is 11.5. The average Bonchev–Trinajstić information content (AvgIpc) is 2.46. The fourth-order valence-corrected chi connectivity index (χ4v) is 3.56. The van der Waals surface area contributed by atoms with E-state index in [9.17, 15) is 9.59 Å². The van der Waals surface area contributed by atoms with Crippen molar-refractivity contribution in [1.82, 2.24) is 5.32 Å². The molecule has 0 aromatic heterocycles. The Kier molecular flexibility index (Phi) is 5.06. The van der Waals surface area contributed by atoms with Gasteiger partial charge in [-0.3, -0.25) is 4.79 Å². The lowest BCUT2D eigenvalue weighted by Gasteiger charge is -2.25. The van der Waals surface area contributed by atoms with Gasteiger partial charge in [0.2, 0.25) is 5.91 Å². The SMILES string of the molecule is CCCC(NC(=O)C1CCSc2ccccc21)C(=O)O. The molecule has 0 fully saturated rings. The topological polar surface area (TPSA) is 66.4 Å². The highest BCUT2D eigenvalue weighted by molar-refractivity contribution is 7.99. The number of carbonyl (C=O) groups is 2. The first-order valence-corrected chi connectivity index (χ1v) is 7.87. The van der Waals surface area contributed by atoms with Gasteiger partial charge < -0.3 is 10.4 Å². The summed E-state index contributed by atoms with van der Waals surface area (Å²) in [5, 5.41) is 11.8. The van der Waals surface area contributed by atoms with Crippen molar-refractivity contribution in [2.24, 2.45) is 0 Å². The molecule has 1 amide bonds. The fourth-order valence-electron chi connectivity index (χ4n) is 2.43. The summed E-state index contributed by atoms with van der Waals surface area (Å²) in [5.74, 6) is -0.468. The van der Waals surface area contributed by atoms with Crippen LogP contribution in [0.15, 0.2) is 29.2 Å². The minimum absolute atomic E-state index is 0.168. The van der Waals surface area contributed by atoms with Gasteiger partial charge in [-0.15, -0.1) is 11.8 Å². The Morgan fingerprint density at radius 1 is 1.45 bits per heavy atom. The van der Waals surface area contributed by atoms with Crippen molar-refractivity contribution >= 4 is 23.6 Å². The van der Waals surface area contributed by atoms with E-state index in [4.69, 9.17) is 5.11 Å². The van der Waals surface area contributed by atoms with Crippen molar-refractivity contribution in [3.05, 3.63) is 29.8 Å². The summed E-state index contributed by atoms with van der Waals surface area (Å²) < 4.78 is 0. The lowest BCUT2D eigenvalue weighted by atomic mass is 9.94. The number of carbonyl (C=O) groups excluding carboxylic acids is 1. The summed E-state index contributed by atoms with van der Waals surface area (Å²) in [4.78, 5) is 24.6. The number of aliphatic carboxylic acids is 1. The molecule has 0 aliphatic carbocycles. The molecule has 2 atom stereocenters. The molecule has 0 saturated carbocycles. The molecule has 1 aliphatic heterocycles. The Labute approximate surface area is 123 Å². The van der Waals surface area contributed by atoms with Crippen molar-refractivity contribution in [3.63, 3.8) is 0 Å². The maximum Gasteiger partial charge on any atom is 0.326 e. The molecule has 1 aliphatic rings. The minimum atomic E-state index is -0.960. The van der Waals surface area contributed by atoms with Crippen LogP contribution in [0.1, 0.15) is 37.7 Å². The summed E-state index contributed by atoms with van der Waals surface area (Å²) in [6.45, 7) is 1.91. The molecule has 0 radical (unpaired) electrons. The predicted octanol–water partition coefficient (Wildman–Crippen LogP) is 2.64. The predicted molar refractivity (Wildman–Crippen MR) is 79.0 cm³/mol. The van der Waals surface area contributed by atoms with Crippen LogP contribution in [0.2, 0.25) is 0 Å². The average molecular weight is 293 g/mol. The number of fused-ring (bicyclic) bond motifs is 1. The van der Waals surface area contributed by atoms with Gasteiger partial charge in [0.05, 0.1) is 5.92 Å². The van der Waals surface area contributed by atoms with Gasteiger partial charge in [-0.25, -0.2) is 4.79 Å². The number of thioether (sulfide) groups is 1. The van der Waals surface area contributed by atoms with E-state index in [2.05, 4.69) is 5.32 Å². The van der Waals surface area contributed by atoms with Gasteiger partial charge in [0.15, 0.2) is 0 Å². The van der Waals surface area contributed by atoms with Crippen molar-refractivity contribution in [2.45, 2.75) is 43.0 Å². The third-order valence-electron chi connectivity index (χ3n) is 3.47. The summed E-state index contributed by atoms with van der Waals surface area (Å²) in [7, 11) is 0. The maximum atomic E-state index is 12.4. The van der Waals surface area contributed by atoms with Gasteiger partial charge in [0.25, 0.3) is 0 Å². The molecular formula is C15H19NO3S. The lowest BCUT2D eigenvalue weighted by Crippen LogP contribution is -2.43. The largest absolute Gasteiger partial charge is 0.480 e. The Morgan fingerprint density at radius 3 is 2.90 bits per heavy atom. The van der Waals surface area contributed by atoms with Crippen LogP contribution in [-0.4, -0.2) is 28.8 Å². The molecule has 1 heterocycles. The lowest BCUT2D eigenvalue weighted by molar-refractivity contribution is -0.142. The maximum absolute atomic E-state index is 12.4. The van der Waals surface area contributed by atoms with E-state index >= 15 is 0 Å². The Bertz CT molecular complexity index is 504. The Hall–Kier alpha value is -1.49. The molecule has 1 aromatic rings. The molecular weight excluding hydrogens is 274 g/mol. The molecule has 4 nitrogen and oxygen atoms in total. The molecule has 1 aromatic carbocycles. The summed E-state index contributed by atoms with van der Waals surface area (Å²) >= 11 is 1.75. The molecule has 2 N–H and O–H groups in total. The quantitative estimate of drug-likeness (QED) is 0.876. The third-order valence-corrected chi connectivity index (χ3v) is 4.59. The monoisotopic (exact) mass is 293 g/mol. The van der Waals surface area contributed by atoms with Crippen molar-refractivity contribution in [2.75, 3.05) is 5.75 Å². The highest BCUT2D eigenvalue weighted by Crippen LogP contribution is 2.37. The van der Waals surface area contributed by atoms with Gasteiger partial charge in [0.1, 0.15) is 6.04 Å². The highest BCUT2D eigenvalue weighted by Gasteiger charge is 2.29. The first kappa shape index (κ1) is 14.9. The first-order chi connectivity index (χ1) is 9.63. The Morgan fingerprint density at radius 2 is 2.20 bits per heavy atom. The van der Waals surface area contributed by atoms with Crippen LogP contribution < -0.4 is 5.32 Å². The summed E-state index contributed by atoms with van der Waals surface area (Å²) in [6, 6.07) is 7.07. The molecule has 20 heavy (non-hydrogen) atoms. The third kappa shape index (κ3) is 3.33. The summed E-state index contributed by atoms with van der Waals surface area (Å²) in [6.07, 6.45) is 1.95. The normalized spacial score (nSPS) is 18.9. The number of amides is 1. The second kappa shape index (κ2) is 6.79. The first-order valence-electron chi connectivity index (χ1n) is 6.88. The van der Waals surface area contributed by atoms with E-state index < -0.39 is 12.0 Å². The van der Waals surface area contributed by atoms with Gasteiger partial charge in [-0.1, -0.05) is 31.5 Å². The Balaban J connectivity index is 2.12. The number of hydrogen-bond donors (Lipinski definition) is 2. The van der Waals surface area contributed by atoms with Crippen LogP contribution in [0.5, 0.6) is 0 Å². The van der Waals surface area contributed by atoms with E-state index in [1.165, 1.54) is 0 Å². The van der Waals surface area contributed by atoms with E-state index in [1.807, 2.05) is 31.2 Å². The second-order valence-electron chi connectivity index (χ2n) is 4.92. The molecule has 2 unspecified atom stereocenters. The van der Waals surface area contributed by atoms with Crippen molar-refractivity contribution in [1.29, 1.82) is 0 Å². The number of nitrogens with one attached hydrogen (secondary N) is 1.